The van der Waals surface area contributed by atoms with Crippen molar-refractivity contribution in [3.63, 3.8) is 0 Å². The maximum absolute atomic E-state index is 7.62. The van der Waals surface area contributed by atoms with Crippen molar-refractivity contribution >= 4 is 28.8 Å². The Bertz CT molecular complexity index is 795. The third-order valence-electron chi connectivity index (χ3n) is 2.67. The van der Waals surface area contributed by atoms with Crippen LogP contribution < -0.4 is 5.73 Å². The maximum Gasteiger partial charge on any atom is 0.181 e. The van der Waals surface area contributed by atoms with E-state index in [1.54, 1.807) is 12.4 Å². The highest BCUT2D eigenvalue weighted by Gasteiger charge is 2.13. The second-order valence-corrected chi connectivity index (χ2v) is 5.08. The van der Waals surface area contributed by atoms with E-state index in [0.717, 1.165) is 11.2 Å². The highest BCUT2D eigenvalue weighted by atomic mass is 32.2. The molecule has 0 fully saturated rings. The molecule has 0 aromatic carbocycles. The molecule has 3 rings (SSSR count). The van der Waals surface area contributed by atoms with Gasteiger partial charge in [0.2, 0.25) is 0 Å². The van der Waals surface area contributed by atoms with E-state index in [-0.39, 0.29) is 5.84 Å². The van der Waals surface area contributed by atoms with Crippen molar-refractivity contribution < 1.29 is 0 Å². The Balaban J connectivity index is 2.09. The second-order valence-electron chi connectivity index (χ2n) is 4.10. The molecule has 0 bridgehead atoms. The average molecular weight is 285 g/mol. The Labute approximate surface area is 118 Å². The number of aromatic nitrogens is 5. The summed E-state index contributed by atoms with van der Waals surface area (Å²) in [6.45, 7) is 1.89. The van der Waals surface area contributed by atoms with E-state index in [1.165, 1.54) is 18.1 Å². The number of nitrogen functional groups attached to an aromatic ring is 1. The van der Waals surface area contributed by atoms with Gasteiger partial charge in [-0.1, -0.05) is 0 Å². The van der Waals surface area contributed by atoms with Gasteiger partial charge in [-0.2, -0.15) is 0 Å². The quantitative estimate of drug-likeness (QED) is 0.381. The number of hydrogen-bond donors (Lipinski definition) is 3. The molecule has 3 aromatic rings. The molecular weight excluding hydrogens is 274 g/mol. The molecule has 20 heavy (non-hydrogen) atoms. The van der Waals surface area contributed by atoms with Crippen LogP contribution in [0.25, 0.3) is 11.2 Å². The minimum Gasteiger partial charge on any atom is -0.384 e. The van der Waals surface area contributed by atoms with Crippen LogP contribution in [0.3, 0.4) is 0 Å². The van der Waals surface area contributed by atoms with Gasteiger partial charge in [0.05, 0.1) is 6.33 Å². The second kappa shape index (κ2) is 4.89. The van der Waals surface area contributed by atoms with Crippen LogP contribution in [0.2, 0.25) is 0 Å². The van der Waals surface area contributed by atoms with Crippen LogP contribution in [0.5, 0.6) is 0 Å². The molecule has 0 radical (unpaired) electrons. The summed E-state index contributed by atoms with van der Waals surface area (Å²) in [6, 6.07) is 3.62. The molecule has 0 aliphatic rings. The van der Waals surface area contributed by atoms with Gasteiger partial charge in [0, 0.05) is 11.3 Å². The number of fused-ring (bicyclic) bond motifs is 1. The third kappa shape index (κ3) is 2.21. The van der Waals surface area contributed by atoms with E-state index < -0.39 is 0 Å². The number of imidazole rings is 1. The van der Waals surface area contributed by atoms with Gasteiger partial charge < -0.3 is 10.7 Å². The minimum absolute atomic E-state index is 0.0186. The number of nitrogens with two attached hydrogens (primary N) is 1. The number of rotatable bonds is 3. The van der Waals surface area contributed by atoms with Crippen LogP contribution in [-0.2, 0) is 0 Å². The summed E-state index contributed by atoms with van der Waals surface area (Å²) >= 11 is 1.34. The molecule has 3 heterocycles. The Hall–Kier alpha value is -2.48. The molecule has 4 N–H and O–H groups in total. The first-order valence-corrected chi connectivity index (χ1v) is 6.61. The predicted octanol–water partition coefficient (Wildman–Crippen LogP) is 1.49. The van der Waals surface area contributed by atoms with E-state index in [0.29, 0.717) is 21.3 Å². The molecule has 0 aliphatic carbocycles. The molecule has 0 saturated heterocycles. The summed E-state index contributed by atoms with van der Waals surface area (Å²) in [5, 5.41) is 8.96. The number of pyridine rings is 1. The Morgan fingerprint density at radius 1 is 1.25 bits per heavy atom. The minimum atomic E-state index is -0.0186. The van der Waals surface area contributed by atoms with E-state index in [1.807, 2.05) is 13.0 Å². The van der Waals surface area contributed by atoms with Crippen LogP contribution in [-0.4, -0.2) is 30.8 Å². The fraction of sp³-hybridized carbons (Fsp3) is 0.0833. The van der Waals surface area contributed by atoms with E-state index >= 15 is 0 Å². The summed E-state index contributed by atoms with van der Waals surface area (Å²) in [5.41, 5.74) is 8.37. The van der Waals surface area contributed by atoms with Crippen LogP contribution >= 0.6 is 11.8 Å². The smallest absolute Gasteiger partial charge is 0.181 e. The maximum atomic E-state index is 7.62. The van der Waals surface area contributed by atoms with Gasteiger partial charge in [-0.25, -0.2) is 19.9 Å². The Morgan fingerprint density at radius 2 is 2.10 bits per heavy atom. The van der Waals surface area contributed by atoms with Crippen LogP contribution in [0.1, 0.15) is 11.3 Å². The van der Waals surface area contributed by atoms with Crippen molar-refractivity contribution in [3.05, 3.63) is 36.0 Å². The molecule has 0 amide bonds. The third-order valence-corrected chi connectivity index (χ3v) is 3.68. The highest BCUT2D eigenvalue weighted by molar-refractivity contribution is 7.99. The molecule has 0 aliphatic heterocycles. The van der Waals surface area contributed by atoms with Gasteiger partial charge in [0.15, 0.2) is 5.65 Å². The van der Waals surface area contributed by atoms with Gasteiger partial charge in [0.1, 0.15) is 27.7 Å². The van der Waals surface area contributed by atoms with Gasteiger partial charge in [-0.3, -0.25) is 5.41 Å². The number of nitrogens with zero attached hydrogens (tertiary/aromatic N) is 4. The lowest BCUT2D eigenvalue weighted by Crippen LogP contribution is -2.13. The lowest BCUT2D eigenvalue weighted by atomic mass is 10.2. The SMILES string of the molecule is Cc1ccc(C(=N)N)c(Sc2ncnc3nc[nH]c23)n1. The number of amidine groups is 1. The zero-order valence-corrected chi connectivity index (χ0v) is 11.4. The molecule has 0 spiro atoms. The molecule has 100 valence electrons. The molecule has 3 aromatic heterocycles. The molecular formula is C12H11N7S. The summed E-state index contributed by atoms with van der Waals surface area (Å²) in [4.78, 5) is 19.8. The van der Waals surface area contributed by atoms with Gasteiger partial charge in [-0.15, -0.1) is 0 Å². The zero-order chi connectivity index (χ0) is 14.1. The van der Waals surface area contributed by atoms with Gasteiger partial charge in [0.25, 0.3) is 0 Å². The van der Waals surface area contributed by atoms with Crippen molar-refractivity contribution in [2.45, 2.75) is 17.0 Å². The topological polar surface area (TPSA) is 117 Å². The fourth-order valence-corrected chi connectivity index (χ4v) is 2.74. The van der Waals surface area contributed by atoms with Crippen molar-refractivity contribution in [2.75, 3.05) is 0 Å². The Morgan fingerprint density at radius 3 is 2.90 bits per heavy atom. The van der Waals surface area contributed by atoms with E-state index in [4.69, 9.17) is 11.1 Å². The monoisotopic (exact) mass is 285 g/mol. The molecule has 8 heteroatoms. The number of aryl methyl sites for hydroxylation is 1. The predicted molar refractivity (Wildman–Crippen MR) is 75.8 cm³/mol. The van der Waals surface area contributed by atoms with Crippen LogP contribution in [0.4, 0.5) is 0 Å². The molecule has 0 atom stereocenters. The average Bonchev–Trinajstić information content (AvgIpc) is 2.88. The summed E-state index contributed by atoms with van der Waals surface area (Å²) < 4.78 is 0. The van der Waals surface area contributed by atoms with E-state index in [9.17, 15) is 0 Å². The van der Waals surface area contributed by atoms with Crippen molar-refractivity contribution in [3.8, 4) is 0 Å². The zero-order valence-electron chi connectivity index (χ0n) is 10.6. The van der Waals surface area contributed by atoms with Crippen molar-refractivity contribution in [1.82, 2.24) is 24.9 Å². The Kier molecular flexibility index (Phi) is 3.07. The fourth-order valence-electron chi connectivity index (χ4n) is 1.73. The number of H-pyrrole nitrogens is 1. The number of aromatic amines is 1. The lowest BCUT2D eigenvalue weighted by molar-refractivity contribution is 1.03. The molecule has 0 saturated carbocycles. The molecule has 0 unspecified atom stereocenters. The van der Waals surface area contributed by atoms with Crippen LogP contribution in [0.15, 0.2) is 34.8 Å². The largest absolute Gasteiger partial charge is 0.384 e. The lowest BCUT2D eigenvalue weighted by Gasteiger charge is -2.07. The van der Waals surface area contributed by atoms with Gasteiger partial charge >= 0.3 is 0 Å². The standard InChI is InChI=1S/C12H11N7S/c1-6-2-3-7(9(13)14)11(19-6)20-12-8-10(16-4-15-8)17-5-18-12/h2-5H,1H3,(H3,13,14)(H,15,16,17,18). The highest BCUT2D eigenvalue weighted by Crippen LogP contribution is 2.30. The number of hydrogen-bond acceptors (Lipinski definition) is 6. The van der Waals surface area contributed by atoms with Crippen molar-refractivity contribution in [1.29, 1.82) is 5.41 Å². The normalized spacial score (nSPS) is 10.8. The first kappa shape index (κ1) is 12.5. The molecule has 7 nitrogen and oxygen atoms in total. The summed E-state index contributed by atoms with van der Waals surface area (Å²) in [7, 11) is 0. The van der Waals surface area contributed by atoms with E-state index in [2.05, 4.69) is 24.9 Å². The van der Waals surface area contributed by atoms with Gasteiger partial charge in [-0.05, 0) is 30.8 Å². The number of nitrogens with one attached hydrogen (secondary N) is 2. The first-order chi connectivity index (χ1) is 9.65. The van der Waals surface area contributed by atoms with Crippen LogP contribution in [0, 0.1) is 12.3 Å². The summed E-state index contributed by atoms with van der Waals surface area (Å²) in [5.74, 6) is -0.0186. The summed E-state index contributed by atoms with van der Waals surface area (Å²) in [6.07, 6.45) is 3.02. The van der Waals surface area contributed by atoms with Crippen molar-refractivity contribution in [2.24, 2.45) is 5.73 Å². The first-order valence-electron chi connectivity index (χ1n) is 5.79.